The molecule has 3 atom stereocenters. The van der Waals surface area contributed by atoms with Crippen LogP contribution in [0, 0.1) is 28.5 Å². The summed E-state index contributed by atoms with van der Waals surface area (Å²) >= 11 is 3.15. The van der Waals surface area contributed by atoms with E-state index in [4.69, 9.17) is 5.26 Å². The lowest BCUT2D eigenvalue weighted by Crippen LogP contribution is -2.53. The SMILES string of the molecule is CC(C)(F)C[C@H](N[C@@H](c1ccc(Br)cc1)C(F)(F)F)C(=O)N[C@H](C#N)Cc1ccc(C#N)cc1F. The Balaban J connectivity index is 2.28. The van der Waals surface area contributed by atoms with Crippen LogP contribution < -0.4 is 10.6 Å². The Morgan fingerprint density at radius 2 is 1.71 bits per heavy atom. The van der Waals surface area contributed by atoms with Crippen molar-refractivity contribution >= 4 is 21.8 Å². The minimum Gasteiger partial charge on any atom is -0.339 e. The number of alkyl halides is 4. The van der Waals surface area contributed by atoms with E-state index in [2.05, 4.69) is 26.6 Å². The second-order valence-electron chi connectivity index (χ2n) is 8.48. The third-order valence-corrected chi connectivity index (χ3v) is 5.51. The van der Waals surface area contributed by atoms with Crippen LogP contribution in [-0.4, -0.2) is 29.8 Å². The second kappa shape index (κ2) is 11.6. The van der Waals surface area contributed by atoms with E-state index in [9.17, 15) is 32.0 Å². The lowest BCUT2D eigenvalue weighted by atomic mass is 9.97. The summed E-state index contributed by atoms with van der Waals surface area (Å²) in [6.07, 6.45) is -5.74. The lowest BCUT2D eigenvalue weighted by Gasteiger charge is -2.30. The average molecular weight is 557 g/mol. The summed E-state index contributed by atoms with van der Waals surface area (Å²) in [7, 11) is 0. The van der Waals surface area contributed by atoms with E-state index in [1.165, 1.54) is 36.4 Å². The van der Waals surface area contributed by atoms with E-state index >= 15 is 0 Å². The van der Waals surface area contributed by atoms with E-state index in [0.717, 1.165) is 19.9 Å². The molecule has 0 bridgehead atoms. The van der Waals surface area contributed by atoms with Crippen LogP contribution in [0.15, 0.2) is 46.9 Å². The Morgan fingerprint density at radius 1 is 1.09 bits per heavy atom. The van der Waals surface area contributed by atoms with Crippen molar-refractivity contribution < 1.29 is 26.7 Å². The Hall–Kier alpha value is -3.02. The van der Waals surface area contributed by atoms with Crippen molar-refractivity contribution in [3.8, 4) is 12.1 Å². The van der Waals surface area contributed by atoms with Gasteiger partial charge in [0.2, 0.25) is 5.91 Å². The van der Waals surface area contributed by atoms with Crippen molar-refractivity contribution in [2.75, 3.05) is 0 Å². The normalized spacial score (nSPS) is 14.3. The molecule has 2 rings (SSSR count). The molecule has 2 aromatic carbocycles. The molecule has 1 amide bonds. The highest BCUT2D eigenvalue weighted by Crippen LogP contribution is 2.34. The number of hydrogen-bond acceptors (Lipinski definition) is 4. The molecule has 0 heterocycles. The fraction of sp³-hybridized carbons (Fsp3) is 0.375. The molecule has 2 N–H and O–H groups in total. The number of halogens is 6. The standard InChI is InChI=1S/C24H22BrF5N4O/c1-23(2,27)11-20(34-21(24(28,29)30)15-5-7-17(25)8-6-15)22(35)33-18(13-32)10-16-4-3-14(12-31)9-19(16)26/h3-9,18,20-21,34H,10-11H2,1-2H3,(H,33,35)/t18-,20-,21-/m0/s1. The largest absolute Gasteiger partial charge is 0.407 e. The minimum absolute atomic E-state index is 0.0224. The molecule has 0 aliphatic rings. The van der Waals surface area contributed by atoms with Crippen molar-refractivity contribution in [2.24, 2.45) is 0 Å². The molecular formula is C24H22BrF5N4O. The van der Waals surface area contributed by atoms with Crippen molar-refractivity contribution in [1.29, 1.82) is 10.5 Å². The zero-order chi connectivity index (χ0) is 26.4. The maximum Gasteiger partial charge on any atom is 0.407 e. The molecule has 0 aliphatic carbocycles. The van der Waals surface area contributed by atoms with Crippen LogP contribution in [0.3, 0.4) is 0 Å². The molecule has 0 unspecified atom stereocenters. The number of nitriles is 2. The van der Waals surface area contributed by atoms with Crippen molar-refractivity contribution in [1.82, 2.24) is 10.6 Å². The zero-order valence-corrected chi connectivity index (χ0v) is 20.3. The third-order valence-electron chi connectivity index (χ3n) is 4.98. The summed E-state index contributed by atoms with van der Waals surface area (Å²) in [4.78, 5) is 12.9. The number of amides is 1. The van der Waals surface area contributed by atoms with E-state index in [1.807, 2.05) is 0 Å². The van der Waals surface area contributed by atoms with Gasteiger partial charge in [-0.25, -0.2) is 8.78 Å². The van der Waals surface area contributed by atoms with Crippen LogP contribution in [-0.2, 0) is 11.2 Å². The zero-order valence-electron chi connectivity index (χ0n) is 18.8. The second-order valence-corrected chi connectivity index (χ2v) is 9.40. The molecule has 186 valence electrons. The number of carbonyl (C=O) groups excluding carboxylic acids is 1. The Kier molecular flexibility index (Phi) is 9.36. The molecular weight excluding hydrogens is 535 g/mol. The fourth-order valence-corrected chi connectivity index (χ4v) is 3.62. The number of nitrogens with zero attached hydrogens (tertiary/aromatic N) is 2. The fourth-order valence-electron chi connectivity index (χ4n) is 3.35. The van der Waals surface area contributed by atoms with Gasteiger partial charge in [0.15, 0.2) is 0 Å². The van der Waals surface area contributed by atoms with Gasteiger partial charge in [-0.15, -0.1) is 0 Å². The summed E-state index contributed by atoms with van der Waals surface area (Å²) < 4.78 is 70.8. The summed E-state index contributed by atoms with van der Waals surface area (Å²) in [6, 6.07) is 7.09. The smallest absolute Gasteiger partial charge is 0.339 e. The summed E-state index contributed by atoms with van der Waals surface area (Å²) in [6.45, 7) is 2.23. The van der Waals surface area contributed by atoms with Crippen LogP contribution in [0.2, 0.25) is 0 Å². The third kappa shape index (κ3) is 8.61. The first-order valence-electron chi connectivity index (χ1n) is 10.4. The molecule has 0 saturated heterocycles. The predicted molar refractivity (Wildman–Crippen MR) is 122 cm³/mol. The van der Waals surface area contributed by atoms with Crippen LogP contribution in [0.25, 0.3) is 0 Å². The molecule has 5 nitrogen and oxygen atoms in total. The van der Waals surface area contributed by atoms with Crippen LogP contribution in [0.1, 0.15) is 43.0 Å². The Bertz CT molecular complexity index is 1120. The topological polar surface area (TPSA) is 88.7 Å². The van der Waals surface area contributed by atoms with Gasteiger partial charge in [0, 0.05) is 17.3 Å². The van der Waals surface area contributed by atoms with E-state index < -0.39 is 48.1 Å². The minimum atomic E-state index is -4.81. The van der Waals surface area contributed by atoms with E-state index in [0.29, 0.717) is 4.47 Å². The summed E-state index contributed by atoms with van der Waals surface area (Å²) in [5, 5.41) is 22.7. The molecule has 0 aliphatic heterocycles. The van der Waals surface area contributed by atoms with Crippen LogP contribution in [0.4, 0.5) is 22.0 Å². The maximum absolute atomic E-state index is 14.4. The molecule has 35 heavy (non-hydrogen) atoms. The van der Waals surface area contributed by atoms with Crippen molar-refractivity contribution in [3.05, 3.63) is 69.4 Å². The Morgan fingerprint density at radius 3 is 2.20 bits per heavy atom. The number of rotatable bonds is 9. The van der Waals surface area contributed by atoms with Gasteiger partial charge >= 0.3 is 6.18 Å². The number of hydrogen-bond donors (Lipinski definition) is 2. The molecule has 11 heteroatoms. The lowest BCUT2D eigenvalue weighted by molar-refractivity contribution is -0.161. The maximum atomic E-state index is 14.4. The molecule has 0 aromatic heterocycles. The quantitative estimate of drug-likeness (QED) is 0.404. The monoisotopic (exact) mass is 556 g/mol. The van der Waals surface area contributed by atoms with Gasteiger partial charge in [0.1, 0.15) is 23.6 Å². The van der Waals surface area contributed by atoms with Gasteiger partial charge in [-0.2, -0.15) is 23.7 Å². The van der Waals surface area contributed by atoms with Crippen LogP contribution >= 0.6 is 15.9 Å². The van der Waals surface area contributed by atoms with E-state index in [1.54, 1.807) is 12.1 Å². The van der Waals surface area contributed by atoms with Crippen molar-refractivity contribution in [3.63, 3.8) is 0 Å². The molecule has 2 aromatic rings. The molecule has 0 radical (unpaired) electrons. The highest BCUT2D eigenvalue weighted by atomic mass is 79.9. The first-order valence-corrected chi connectivity index (χ1v) is 11.2. The number of carbonyl (C=O) groups is 1. The summed E-state index contributed by atoms with van der Waals surface area (Å²) in [5.74, 6) is -1.81. The van der Waals surface area contributed by atoms with Gasteiger partial charge in [-0.05, 0) is 49.2 Å². The highest BCUT2D eigenvalue weighted by molar-refractivity contribution is 9.10. The van der Waals surface area contributed by atoms with Gasteiger partial charge < -0.3 is 5.32 Å². The Labute approximate surface area is 208 Å². The highest BCUT2D eigenvalue weighted by Gasteiger charge is 2.44. The van der Waals surface area contributed by atoms with Gasteiger partial charge in [0.05, 0.1) is 23.7 Å². The average Bonchev–Trinajstić information content (AvgIpc) is 2.76. The molecule has 0 spiro atoms. The number of benzene rings is 2. The summed E-state index contributed by atoms with van der Waals surface area (Å²) in [5.41, 5.74) is -2.13. The van der Waals surface area contributed by atoms with Crippen LogP contribution in [0.5, 0.6) is 0 Å². The van der Waals surface area contributed by atoms with Gasteiger partial charge in [0.25, 0.3) is 0 Å². The molecule has 0 fully saturated rings. The van der Waals surface area contributed by atoms with Gasteiger partial charge in [-0.3, -0.25) is 10.1 Å². The molecule has 0 saturated carbocycles. The first-order chi connectivity index (χ1) is 16.2. The van der Waals surface area contributed by atoms with Crippen molar-refractivity contribution in [2.45, 2.75) is 56.7 Å². The van der Waals surface area contributed by atoms with E-state index in [-0.39, 0.29) is 23.1 Å². The number of nitrogens with one attached hydrogen (secondary N) is 2. The van der Waals surface area contributed by atoms with Gasteiger partial charge in [-0.1, -0.05) is 34.1 Å². The first kappa shape index (κ1) is 28.2. The predicted octanol–water partition coefficient (Wildman–Crippen LogP) is 5.41.